The molecular formula is C27H39F3N4O4. The van der Waals surface area contributed by atoms with Gasteiger partial charge in [0.1, 0.15) is 23.6 Å². The summed E-state index contributed by atoms with van der Waals surface area (Å²) in [4.78, 5) is 32.9. The van der Waals surface area contributed by atoms with Gasteiger partial charge in [0.15, 0.2) is 0 Å². The van der Waals surface area contributed by atoms with Crippen molar-refractivity contribution in [2.75, 3.05) is 39.8 Å². The smallest absolute Gasteiger partial charge is 0.410 e. The average Bonchev–Trinajstić information content (AvgIpc) is 3.01. The molecule has 0 saturated heterocycles. The van der Waals surface area contributed by atoms with Crippen molar-refractivity contribution in [1.29, 1.82) is 0 Å². The van der Waals surface area contributed by atoms with Crippen LogP contribution >= 0.6 is 0 Å². The Bertz CT molecular complexity index is 978. The summed E-state index contributed by atoms with van der Waals surface area (Å²) in [5.74, 6) is -0.155. The Balaban J connectivity index is 1.82. The molecule has 0 bridgehead atoms. The number of carbonyl (C=O) groups is 2. The highest BCUT2D eigenvalue weighted by atomic mass is 19.4. The van der Waals surface area contributed by atoms with Crippen molar-refractivity contribution >= 4 is 17.8 Å². The zero-order chi connectivity index (χ0) is 28.3. The second kappa shape index (κ2) is 14.1. The maximum Gasteiger partial charge on any atom is 0.410 e. The van der Waals surface area contributed by atoms with Crippen LogP contribution in [0.2, 0.25) is 0 Å². The van der Waals surface area contributed by atoms with Crippen molar-refractivity contribution in [3.8, 4) is 0 Å². The molecule has 0 aromatic rings. The molecule has 0 N–H and O–H groups in total. The van der Waals surface area contributed by atoms with Gasteiger partial charge in [-0.3, -0.25) is 4.79 Å². The van der Waals surface area contributed by atoms with E-state index in [0.717, 1.165) is 17.8 Å². The van der Waals surface area contributed by atoms with Crippen LogP contribution in [0.25, 0.3) is 0 Å². The van der Waals surface area contributed by atoms with Gasteiger partial charge in [-0.1, -0.05) is 19.1 Å². The zero-order valence-corrected chi connectivity index (χ0v) is 22.9. The van der Waals surface area contributed by atoms with E-state index in [9.17, 15) is 22.8 Å². The molecule has 11 heteroatoms. The summed E-state index contributed by atoms with van der Waals surface area (Å²) >= 11 is 0. The second-order valence-electron chi connectivity index (χ2n) is 10.2. The van der Waals surface area contributed by atoms with Crippen molar-refractivity contribution in [2.24, 2.45) is 4.99 Å². The van der Waals surface area contributed by atoms with Crippen LogP contribution in [0.3, 0.4) is 0 Å². The largest absolute Gasteiger partial charge is 0.494 e. The summed E-state index contributed by atoms with van der Waals surface area (Å²) in [6.45, 7) is 9.68. The first kappa shape index (κ1) is 31.0. The van der Waals surface area contributed by atoms with Crippen LogP contribution < -0.4 is 0 Å². The Morgan fingerprint density at radius 2 is 1.84 bits per heavy atom. The number of allylic oxidation sites excluding steroid dienone is 3. The van der Waals surface area contributed by atoms with Crippen molar-refractivity contribution < 1.29 is 32.2 Å². The number of hydrogen-bond acceptors (Lipinski definition) is 5. The summed E-state index contributed by atoms with van der Waals surface area (Å²) in [5.41, 5.74) is 0.412. The molecule has 2 rings (SSSR count). The highest BCUT2D eigenvalue weighted by Crippen LogP contribution is 2.20. The van der Waals surface area contributed by atoms with Gasteiger partial charge in [-0.2, -0.15) is 18.2 Å². The summed E-state index contributed by atoms with van der Waals surface area (Å²) < 4.78 is 48.9. The van der Waals surface area contributed by atoms with E-state index in [0.29, 0.717) is 44.9 Å². The van der Waals surface area contributed by atoms with Crippen molar-refractivity contribution in [3.63, 3.8) is 0 Å². The SMILES string of the molecule is CCCN1C=CN(CCCOC2=CCC=C(CN(C)C(=O)OC(C)(C)C)C=C2)CC1=NC(=O)CC(F)(F)F. The molecule has 38 heavy (non-hydrogen) atoms. The van der Waals surface area contributed by atoms with E-state index in [1.54, 1.807) is 18.1 Å². The molecule has 1 heterocycles. The number of likely N-dealkylation sites (N-methyl/N-ethyl adjacent to an activating group) is 1. The van der Waals surface area contributed by atoms with Gasteiger partial charge < -0.3 is 24.2 Å². The quantitative estimate of drug-likeness (QED) is 0.345. The van der Waals surface area contributed by atoms with Crippen LogP contribution in [0.5, 0.6) is 0 Å². The Morgan fingerprint density at radius 1 is 1.11 bits per heavy atom. The molecule has 1 aliphatic heterocycles. The van der Waals surface area contributed by atoms with Crippen LogP contribution in [-0.4, -0.2) is 84.1 Å². The number of carbonyl (C=O) groups excluding carboxylic acids is 2. The van der Waals surface area contributed by atoms with E-state index >= 15 is 0 Å². The lowest BCUT2D eigenvalue weighted by molar-refractivity contribution is -0.151. The predicted octanol–water partition coefficient (Wildman–Crippen LogP) is 5.41. The number of hydrogen-bond donors (Lipinski definition) is 0. The first-order valence-electron chi connectivity index (χ1n) is 12.8. The van der Waals surface area contributed by atoms with E-state index < -0.39 is 24.1 Å². The standard InChI is InChI=1S/C27H39F3N4O4/c1-6-13-34-16-15-33(20-23(34)31-24(35)18-27(28,29)30)14-8-17-37-22-10-7-9-21(11-12-22)19-32(5)25(36)38-26(2,3)4/h9-12,15-16H,6-8,13-14,17-20H2,1-5H3. The van der Waals surface area contributed by atoms with Gasteiger partial charge >= 0.3 is 12.3 Å². The first-order chi connectivity index (χ1) is 17.8. The molecule has 0 saturated carbocycles. The molecule has 0 aromatic heterocycles. The predicted molar refractivity (Wildman–Crippen MR) is 140 cm³/mol. The van der Waals surface area contributed by atoms with Crippen LogP contribution in [0.15, 0.2) is 53.0 Å². The molecule has 2 amide bonds. The van der Waals surface area contributed by atoms with Gasteiger partial charge in [0, 0.05) is 39.1 Å². The number of alkyl halides is 3. The lowest BCUT2D eigenvalue weighted by atomic mass is 10.2. The highest BCUT2D eigenvalue weighted by molar-refractivity contribution is 5.96. The Hall–Kier alpha value is -3.24. The van der Waals surface area contributed by atoms with Gasteiger partial charge in [-0.05, 0) is 57.8 Å². The lowest BCUT2D eigenvalue weighted by Crippen LogP contribution is -2.41. The molecule has 0 fully saturated rings. The van der Waals surface area contributed by atoms with Crippen LogP contribution in [-0.2, 0) is 14.3 Å². The molecule has 8 nitrogen and oxygen atoms in total. The molecule has 2 aliphatic rings. The zero-order valence-electron chi connectivity index (χ0n) is 22.9. The minimum absolute atomic E-state index is 0.251. The fourth-order valence-electron chi connectivity index (χ4n) is 3.65. The first-order valence-corrected chi connectivity index (χ1v) is 12.8. The van der Waals surface area contributed by atoms with Gasteiger partial charge in [0.2, 0.25) is 0 Å². The lowest BCUT2D eigenvalue weighted by Gasteiger charge is -2.32. The van der Waals surface area contributed by atoms with Crippen molar-refractivity contribution in [3.05, 3.63) is 48.0 Å². The van der Waals surface area contributed by atoms with E-state index in [-0.39, 0.29) is 12.6 Å². The van der Waals surface area contributed by atoms with Crippen molar-refractivity contribution in [2.45, 2.75) is 65.2 Å². The number of ether oxygens (including phenoxy) is 2. The molecule has 0 unspecified atom stereocenters. The molecule has 0 spiro atoms. The molecule has 1 aliphatic carbocycles. The van der Waals surface area contributed by atoms with E-state index in [1.807, 2.05) is 63.1 Å². The molecular weight excluding hydrogens is 501 g/mol. The fraction of sp³-hybridized carbons (Fsp3) is 0.593. The van der Waals surface area contributed by atoms with Crippen LogP contribution in [0, 0.1) is 0 Å². The number of amides is 2. The van der Waals surface area contributed by atoms with Gasteiger partial charge in [0.25, 0.3) is 5.91 Å². The monoisotopic (exact) mass is 540 g/mol. The number of halogens is 3. The number of nitrogens with zero attached hydrogens (tertiary/aromatic N) is 4. The molecule has 0 atom stereocenters. The maximum absolute atomic E-state index is 12.6. The summed E-state index contributed by atoms with van der Waals surface area (Å²) in [5, 5.41) is 0. The average molecular weight is 541 g/mol. The highest BCUT2D eigenvalue weighted by Gasteiger charge is 2.32. The Kier molecular flexibility index (Phi) is 11.5. The third-order valence-electron chi connectivity index (χ3n) is 5.35. The van der Waals surface area contributed by atoms with Gasteiger partial charge in [-0.25, -0.2) is 4.79 Å². The van der Waals surface area contributed by atoms with Crippen LogP contribution in [0.4, 0.5) is 18.0 Å². The molecule has 212 valence electrons. The van der Waals surface area contributed by atoms with E-state index in [1.165, 1.54) is 4.90 Å². The fourth-order valence-corrected chi connectivity index (χ4v) is 3.65. The third-order valence-corrected chi connectivity index (χ3v) is 5.35. The maximum atomic E-state index is 12.6. The summed E-state index contributed by atoms with van der Waals surface area (Å²) in [7, 11) is 1.69. The van der Waals surface area contributed by atoms with Crippen molar-refractivity contribution in [1.82, 2.24) is 14.7 Å². The summed E-state index contributed by atoms with van der Waals surface area (Å²) in [6.07, 6.45) is 6.91. The Morgan fingerprint density at radius 3 is 2.50 bits per heavy atom. The number of rotatable bonds is 10. The minimum atomic E-state index is -4.58. The minimum Gasteiger partial charge on any atom is -0.494 e. The topological polar surface area (TPSA) is 74.7 Å². The van der Waals surface area contributed by atoms with Gasteiger partial charge in [0.05, 0.1) is 13.2 Å². The summed E-state index contributed by atoms with van der Waals surface area (Å²) in [6, 6.07) is 0. The van der Waals surface area contributed by atoms with E-state index in [4.69, 9.17) is 9.47 Å². The Labute approximate surface area is 223 Å². The van der Waals surface area contributed by atoms with Gasteiger partial charge in [-0.15, -0.1) is 0 Å². The molecule has 0 aromatic carbocycles. The number of amidine groups is 1. The molecule has 0 radical (unpaired) electrons. The van der Waals surface area contributed by atoms with E-state index in [2.05, 4.69) is 4.99 Å². The normalized spacial score (nSPS) is 17.2. The third kappa shape index (κ3) is 11.9. The second-order valence-corrected chi connectivity index (χ2v) is 10.2. The number of aliphatic imine (C=N–C) groups is 1. The van der Waals surface area contributed by atoms with Crippen LogP contribution in [0.1, 0.15) is 53.4 Å².